The van der Waals surface area contributed by atoms with E-state index in [9.17, 15) is 14.0 Å². The van der Waals surface area contributed by atoms with Gasteiger partial charge in [-0.05, 0) is 50.6 Å². The van der Waals surface area contributed by atoms with Gasteiger partial charge in [0.2, 0.25) is 0 Å². The predicted molar refractivity (Wildman–Crippen MR) is 90.2 cm³/mol. The van der Waals surface area contributed by atoms with E-state index >= 15 is 0 Å². The summed E-state index contributed by atoms with van der Waals surface area (Å²) in [5.74, 6) is -0.600. The highest BCUT2D eigenvalue weighted by Gasteiger charge is 2.45. The van der Waals surface area contributed by atoms with Crippen LogP contribution in [0, 0.1) is 12.7 Å². The van der Waals surface area contributed by atoms with Crippen LogP contribution >= 0.6 is 0 Å². The lowest BCUT2D eigenvalue weighted by molar-refractivity contribution is -0.128. The van der Waals surface area contributed by atoms with Gasteiger partial charge < -0.3 is 0 Å². The number of carbonyl (C=O) groups is 2. The van der Waals surface area contributed by atoms with Crippen LogP contribution in [-0.2, 0) is 4.79 Å². The molecule has 1 aliphatic heterocycles. The fourth-order valence-corrected chi connectivity index (χ4v) is 2.97. The molecule has 1 saturated heterocycles. The Hall–Kier alpha value is -2.69. The third-order valence-electron chi connectivity index (χ3n) is 4.45. The average molecular weight is 326 g/mol. The molecule has 0 N–H and O–H groups in total. The Labute approximate surface area is 140 Å². The summed E-state index contributed by atoms with van der Waals surface area (Å²) in [5, 5.41) is 0. The van der Waals surface area contributed by atoms with E-state index in [0.29, 0.717) is 5.69 Å². The summed E-state index contributed by atoms with van der Waals surface area (Å²) in [4.78, 5) is 28.2. The van der Waals surface area contributed by atoms with E-state index in [1.54, 1.807) is 26.0 Å². The quantitative estimate of drug-likeness (QED) is 0.798. The van der Waals surface area contributed by atoms with E-state index in [1.807, 2.05) is 31.2 Å². The summed E-state index contributed by atoms with van der Waals surface area (Å²) < 4.78 is 13.1. The van der Waals surface area contributed by atoms with Crippen molar-refractivity contribution in [3.8, 4) is 0 Å². The molecule has 2 unspecified atom stereocenters. The molecule has 0 spiro atoms. The van der Waals surface area contributed by atoms with Gasteiger partial charge in [0.05, 0.1) is 6.04 Å². The molecule has 0 aromatic heterocycles. The molecule has 0 radical (unpaired) electrons. The highest BCUT2D eigenvalue weighted by molar-refractivity contribution is 6.14. The van der Waals surface area contributed by atoms with E-state index in [0.717, 1.165) is 11.1 Å². The highest BCUT2D eigenvalue weighted by atomic mass is 19.1. The van der Waals surface area contributed by atoms with Gasteiger partial charge in [-0.3, -0.25) is 14.6 Å². The molecule has 3 amide bonds. The van der Waals surface area contributed by atoms with E-state index < -0.39 is 12.1 Å². The minimum atomic E-state index is -0.567. The Balaban J connectivity index is 1.92. The van der Waals surface area contributed by atoms with Gasteiger partial charge >= 0.3 is 6.03 Å². The molecule has 1 fully saturated rings. The molecule has 1 heterocycles. The van der Waals surface area contributed by atoms with Crippen molar-refractivity contribution in [2.24, 2.45) is 0 Å². The summed E-state index contributed by atoms with van der Waals surface area (Å²) in [6.45, 7) is 5.46. The maximum atomic E-state index is 13.1. The Morgan fingerprint density at radius 3 is 2.17 bits per heavy atom. The molecule has 3 rings (SSSR count). The third-order valence-corrected chi connectivity index (χ3v) is 4.45. The zero-order valence-corrected chi connectivity index (χ0v) is 13.9. The van der Waals surface area contributed by atoms with Crippen molar-refractivity contribution in [1.82, 2.24) is 4.90 Å². The molecule has 24 heavy (non-hydrogen) atoms. The molecule has 1 aliphatic rings. The maximum absolute atomic E-state index is 13.1. The standard InChI is InChI=1S/C19H19FN2O2/c1-12-4-10-17(11-5-12)21-14(3)18(23)22(19(21)24)13(2)15-6-8-16(20)9-7-15/h4-11,13-14H,1-3H3. The molecule has 0 bridgehead atoms. The van der Waals surface area contributed by atoms with Crippen molar-refractivity contribution in [3.05, 3.63) is 65.5 Å². The predicted octanol–water partition coefficient (Wildman–Crippen LogP) is 4.05. The monoisotopic (exact) mass is 326 g/mol. The number of benzene rings is 2. The van der Waals surface area contributed by atoms with Gasteiger partial charge in [-0.25, -0.2) is 9.18 Å². The average Bonchev–Trinajstić information content (AvgIpc) is 2.78. The number of carbonyl (C=O) groups excluding carboxylic acids is 2. The number of imide groups is 1. The summed E-state index contributed by atoms with van der Waals surface area (Å²) in [5.41, 5.74) is 2.50. The van der Waals surface area contributed by atoms with Gasteiger partial charge in [0.25, 0.3) is 5.91 Å². The van der Waals surface area contributed by atoms with Gasteiger partial charge in [-0.15, -0.1) is 0 Å². The van der Waals surface area contributed by atoms with E-state index in [-0.39, 0.29) is 17.8 Å². The minimum absolute atomic E-state index is 0.252. The number of halogens is 1. The first-order chi connectivity index (χ1) is 11.4. The van der Waals surface area contributed by atoms with Crippen LogP contribution < -0.4 is 4.90 Å². The number of hydrogen-bond acceptors (Lipinski definition) is 2. The Bertz CT molecular complexity index is 771. The van der Waals surface area contributed by atoms with Crippen LogP contribution in [0.1, 0.15) is 31.0 Å². The summed E-state index contributed by atoms with van der Waals surface area (Å²) in [6, 6.07) is 12.0. The second-order valence-corrected chi connectivity index (χ2v) is 6.10. The number of nitrogens with zero attached hydrogens (tertiary/aromatic N) is 2. The molecular weight excluding hydrogens is 307 g/mol. The fraction of sp³-hybridized carbons (Fsp3) is 0.263. The molecule has 124 valence electrons. The van der Waals surface area contributed by atoms with Crippen LogP contribution in [-0.4, -0.2) is 22.9 Å². The van der Waals surface area contributed by atoms with Gasteiger partial charge in [0.15, 0.2) is 0 Å². The highest BCUT2D eigenvalue weighted by Crippen LogP contribution is 2.32. The number of rotatable bonds is 3. The molecule has 2 atom stereocenters. The number of anilines is 1. The lowest BCUT2D eigenvalue weighted by Gasteiger charge is -2.23. The summed E-state index contributed by atoms with van der Waals surface area (Å²) >= 11 is 0. The molecule has 4 nitrogen and oxygen atoms in total. The smallest absolute Gasteiger partial charge is 0.282 e. The van der Waals surface area contributed by atoms with Crippen molar-refractivity contribution in [3.63, 3.8) is 0 Å². The minimum Gasteiger partial charge on any atom is -0.282 e. The van der Waals surface area contributed by atoms with Crippen molar-refractivity contribution < 1.29 is 14.0 Å². The molecule has 0 saturated carbocycles. The SMILES string of the molecule is Cc1ccc(N2C(=O)N(C(C)c3ccc(F)cc3)C(=O)C2C)cc1. The molecule has 2 aromatic rings. The Kier molecular flexibility index (Phi) is 4.09. The Morgan fingerprint density at radius 2 is 1.58 bits per heavy atom. The van der Waals surface area contributed by atoms with Crippen molar-refractivity contribution in [2.45, 2.75) is 32.9 Å². The number of hydrogen-bond donors (Lipinski definition) is 0. The second kappa shape index (κ2) is 6.07. The van der Waals surface area contributed by atoms with Gasteiger partial charge in [-0.1, -0.05) is 29.8 Å². The van der Waals surface area contributed by atoms with Crippen LogP contribution in [0.25, 0.3) is 0 Å². The van der Waals surface area contributed by atoms with Crippen LogP contribution in [0.3, 0.4) is 0 Å². The Morgan fingerprint density at radius 1 is 1.00 bits per heavy atom. The van der Waals surface area contributed by atoms with Crippen molar-refractivity contribution in [2.75, 3.05) is 4.90 Å². The van der Waals surface area contributed by atoms with Crippen LogP contribution in [0.4, 0.5) is 14.9 Å². The fourth-order valence-electron chi connectivity index (χ4n) is 2.97. The number of urea groups is 1. The van der Waals surface area contributed by atoms with E-state index in [2.05, 4.69) is 0 Å². The normalized spacial score (nSPS) is 19.1. The zero-order valence-electron chi connectivity index (χ0n) is 13.9. The van der Waals surface area contributed by atoms with Crippen molar-refractivity contribution in [1.29, 1.82) is 0 Å². The van der Waals surface area contributed by atoms with E-state index in [1.165, 1.54) is 21.9 Å². The lowest BCUT2D eigenvalue weighted by atomic mass is 10.1. The zero-order chi connectivity index (χ0) is 17.4. The van der Waals surface area contributed by atoms with Crippen LogP contribution in [0.5, 0.6) is 0 Å². The first-order valence-electron chi connectivity index (χ1n) is 7.88. The van der Waals surface area contributed by atoms with Crippen LogP contribution in [0.2, 0.25) is 0 Å². The first kappa shape index (κ1) is 16.2. The number of amides is 3. The summed E-state index contributed by atoms with van der Waals surface area (Å²) in [6.07, 6.45) is 0. The lowest BCUT2D eigenvalue weighted by Crippen LogP contribution is -2.35. The third kappa shape index (κ3) is 2.66. The van der Waals surface area contributed by atoms with Gasteiger partial charge in [0.1, 0.15) is 11.9 Å². The first-order valence-corrected chi connectivity index (χ1v) is 7.88. The second-order valence-electron chi connectivity index (χ2n) is 6.10. The van der Waals surface area contributed by atoms with Gasteiger partial charge in [0, 0.05) is 5.69 Å². The topological polar surface area (TPSA) is 40.6 Å². The molecule has 5 heteroatoms. The van der Waals surface area contributed by atoms with Crippen LogP contribution in [0.15, 0.2) is 48.5 Å². The van der Waals surface area contributed by atoms with Crippen molar-refractivity contribution >= 4 is 17.6 Å². The molecule has 0 aliphatic carbocycles. The largest absolute Gasteiger partial charge is 0.332 e. The van der Waals surface area contributed by atoms with Gasteiger partial charge in [-0.2, -0.15) is 0 Å². The number of aryl methyl sites for hydroxylation is 1. The molecule has 2 aromatic carbocycles. The molecular formula is C19H19FN2O2. The summed E-state index contributed by atoms with van der Waals surface area (Å²) in [7, 11) is 0. The maximum Gasteiger partial charge on any atom is 0.332 e. The van der Waals surface area contributed by atoms with E-state index in [4.69, 9.17) is 0 Å².